The Balaban J connectivity index is 2.07. The number of benzene rings is 1. The molecule has 2 N–H and O–H groups in total. The van der Waals surface area contributed by atoms with E-state index in [9.17, 15) is 0 Å². The van der Waals surface area contributed by atoms with Crippen LogP contribution >= 0.6 is 0 Å². The van der Waals surface area contributed by atoms with Crippen molar-refractivity contribution in [2.45, 2.75) is 26.4 Å². The topological polar surface area (TPSA) is 85.0 Å². The summed E-state index contributed by atoms with van der Waals surface area (Å²) < 4.78 is 11.0. The highest BCUT2D eigenvalue weighted by Crippen LogP contribution is 2.31. The standard InChI is InChI=1S/C13H19N5O2/c1-4-20-11-7-5-6-10(12(11)19-3)8-14-9(2)13-15-17-18-16-13/h5-7,9,14H,4,8H2,1-3H3,(H,15,16,17,18). The molecule has 1 aromatic heterocycles. The fourth-order valence-electron chi connectivity index (χ4n) is 1.91. The average Bonchev–Trinajstić information content (AvgIpc) is 2.99. The lowest BCUT2D eigenvalue weighted by Crippen LogP contribution is -2.19. The van der Waals surface area contributed by atoms with Crippen molar-refractivity contribution >= 4 is 0 Å². The van der Waals surface area contributed by atoms with Crippen molar-refractivity contribution in [2.24, 2.45) is 0 Å². The summed E-state index contributed by atoms with van der Waals surface area (Å²) in [7, 11) is 1.64. The zero-order valence-corrected chi connectivity index (χ0v) is 11.9. The van der Waals surface area contributed by atoms with E-state index in [1.807, 2.05) is 32.0 Å². The molecule has 0 aliphatic carbocycles. The highest BCUT2D eigenvalue weighted by atomic mass is 16.5. The Morgan fingerprint density at radius 2 is 2.25 bits per heavy atom. The monoisotopic (exact) mass is 277 g/mol. The summed E-state index contributed by atoms with van der Waals surface area (Å²) in [4.78, 5) is 0. The highest BCUT2D eigenvalue weighted by molar-refractivity contribution is 5.46. The lowest BCUT2D eigenvalue weighted by molar-refractivity contribution is 0.308. The molecule has 2 aromatic rings. The quantitative estimate of drug-likeness (QED) is 0.797. The van der Waals surface area contributed by atoms with Crippen LogP contribution in [0.2, 0.25) is 0 Å². The Morgan fingerprint density at radius 1 is 1.40 bits per heavy atom. The second kappa shape index (κ2) is 6.85. The van der Waals surface area contributed by atoms with Crippen LogP contribution in [-0.4, -0.2) is 34.3 Å². The van der Waals surface area contributed by atoms with E-state index in [1.54, 1.807) is 7.11 Å². The van der Waals surface area contributed by atoms with Gasteiger partial charge in [-0.2, -0.15) is 5.21 Å². The molecule has 0 radical (unpaired) electrons. The second-order valence-corrected chi connectivity index (χ2v) is 4.25. The van der Waals surface area contributed by atoms with Gasteiger partial charge in [0.15, 0.2) is 17.3 Å². The lowest BCUT2D eigenvalue weighted by Gasteiger charge is -2.15. The Morgan fingerprint density at radius 3 is 2.90 bits per heavy atom. The molecular weight excluding hydrogens is 258 g/mol. The Hall–Kier alpha value is -2.15. The molecule has 2 rings (SSSR count). The zero-order chi connectivity index (χ0) is 14.4. The largest absolute Gasteiger partial charge is 0.493 e. The molecule has 1 heterocycles. The number of hydrogen-bond donors (Lipinski definition) is 2. The maximum atomic E-state index is 5.56. The molecule has 0 saturated heterocycles. The van der Waals surface area contributed by atoms with Crippen LogP contribution in [0.15, 0.2) is 18.2 Å². The number of tetrazole rings is 1. The van der Waals surface area contributed by atoms with Crippen molar-refractivity contribution in [1.29, 1.82) is 0 Å². The molecule has 0 aliphatic rings. The number of hydrogen-bond acceptors (Lipinski definition) is 6. The van der Waals surface area contributed by atoms with E-state index in [2.05, 4.69) is 25.9 Å². The number of H-pyrrole nitrogens is 1. The van der Waals surface area contributed by atoms with E-state index in [4.69, 9.17) is 9.47 Å². The smallest absolute Gasteiger partial charge is 0.191 e. The minimum absolute atomic E-state index is 0.00537. The summed E-state index contributed by atoms with van der Waals surface area (Å²) in [6, 6.07) is 5.84. The third kappa shape index (κ3) is 3.24. The number of rotatable bonds is 7. The Labute approximate surface area is 117 Å². The molecule has 0 aliphatic heterocycles. The van der Waals surface area contributed by atoms with E-state index in [-0.39, 0.29) is 6.04 Å². The summed E-state index contributed by atoms with van der Waals surface area (Å²) in [6.07, 6.45) is 0. The van der Waals surface area contributed by atoms with Crippen LogP contribution in [0.3, 0.4) is 0 Å². The number of para-hydroxylation sites is 1. The Kier molecular flexibility index (Phi) is 4.89. The highest BCUT2D eigenvalue weighted by Gasteiger charge is 2.13. The molecule has 7 heteroatoms. The molecule has 0 bridgehead atoms. The van der Waals surface area contributed by atoms with Gasteiger partial charge in [0.05, 0.1) is 19.8 Å². The normalized spacial score (nSPS) is 12.2. The van der Waals surface area contributed by atoms with Crippen LogP contribution in [-0.2, 0) is 6.54 Å². The van der Waals surface area contributed by atoms with Crippen LogP contribution in [0.4, 0.5) is 0 Å². The van der Waals surface area contributed by atoms with Gasteiger partial charge in [0, 0.05) is 12.1 Å². The molecule has 1 unspecified atom stereocenters. The van der Waals surface area contributed by atoms with Crippen molar-refractivity contribution in [3.05, 3.63) is 29.6 Å². The van der Waals surface area contributed by atoms with Gasteiger partial charge in [0.2, 0.25) is 0 Å². The first-order chi connectivity index (χ1) is 9.76. The number of methoxy groups -OCH3 is 1. The molecule has 20 heavy (non-hydrogen) atoms. The van der Waals surface area contributed by atoms with E-state index in [0.717, 1.165) is 17.1 Å². The number of aromatic nitrogens is 4. The first-order valence-electron chi connectivity index (χ1n) is 6.51. The van der Waals surface area contributed by atoms with Crippen LogP contribution in [0.25, 0.3) is 0 Å². The number of aromatic amines is 1. The molecule has 1 aromatic carbocycles. The maximum absolute atomic E-state index is 5.56. The van der Waals surface area contributed by atoms with Crippen molar-refractivity contribution in [2.75, 3.05) is 13.7 Å². The Bertz CT molecular complexity index is 530. The predicted molar refractivity (Wildman–Crippen MR) is 73.6 cm³/mol. The van der Waals surface area contributed by atoms with E-state index < -0.39 is 0 Å². The molecule has 0 fully saturated rings. The summed E-state index contributed by atoms with van der Waals surface area (Å²) in [6.45, 7) is 5.15. The van der Waals surface area contributed by atoms with E-state index in [0.29, 0.717) is 19.0 Å². The third-order valence-electron chi connectivity index (χ3n) is 2.91. The van der Waals surface area contributed by atoms with E-state index in [1.165, 1.54) is 0 Å². The van der Waals surface area contributed by atoms with Crippen molar-refractivity contribution < 1.29 is 9.47 Å². The minimum atomic E-state index is -0.00537. The minimum Gasteiger partial charge on any atom is -0.493 e. The van der Waals surface area contributed by atoms with Gasteiger partial charge < -0.3 is 14.8 Å². The summed E-state index contributed by atoms with van der Waals surface area (Å²) >= 11 is 0. The van der Waals surface area contributed by atoms with Crippen LogP contribution in [0.1, 0.15) is 31.3 Å². The van der Waals surface area contributed by atoms with Gasteiger partial charge in [0.1, 0.15) is 0 Å². The van der Waals surface area contributed by atoms with Gasteiger partial charge in [-0.3, -0.25) is 0 Å². The van der Waals surface area contributed by atoms with Gasteiger partial charge in [-0.25, -0.2) is 0 Å². The summed E-state index contributed by atoms with van der Waals surface area (Å²) in [5.41, 5.74) is 1.02. The third-order valence-corrected chi connectivity index (χ3v) is 2.91. The van der Waals surface area contributed by atoms with Gasteiger partial charge in [-0.1, -0.05) is 17.3 Å². The molecule has 0 amide bonds. The molecule has 108 valence electrons. The van der Waals surface area contributed by atoms with Gasteiger partial charge >= 0.3 is 0 Å². The van der Waals surface area contributed by atoms with Crippen LogP contribution in [0.5, 0.6) is 11.5 Å². The number of nitrogens with one attached hydrogen (secondary N) is 2. The summed E-state index contributed by atoms with van der Waals surface area (Å²) in [5, 5.41) is 17.2. The van der Waals surface area contributed by atoms with Crippen molar-refractivity contribution in [1.82, 2.24) is 25.9 Å². The first kappa shape index (κ1) is 14.3. The predicted octanol–water partition coefficient (Wildman–Crippen LogP) is 1.46. The van der Waals surface area contributed by atoms with E-state index >= 15 is 0 Å². The first-order valence-corrected chi connectivity index (χ1v) is 6.51. The van der Waals surface area contributed by atoms with Crippen LogP contribution < -0.4 is 14.8 Å². The average molecular weight is 277 g/mol. The van der Waals surface area contributed by atoms with Crippen molar-refractivity contribution in [3.8, 4) is 11.5 Å². The fraction of sp³-hybridized carbons (Fsp3) is 0.462. The SMILES string of the molecule is CCOc1cccc(CNC(C)c2nn[nH]n2)c1OC. The van der Waals surface area contributed by atoms with Gasteiger partial charge in [-0.05, 0) is 19.9 Å². The van der Waals surface area contributed by atoms with Gasteiger partial charge in [-0.15, -0.1) is 10.2 Å². The summed E-state index contributed by atoms with van der Waals surface area (Å²) in [5.74, 6) is 2.13. The fourth-order valence-corrected chi connectivity index (χ4v) is 1.91. The molecule has 0 spiro atoms. The molecular formula is C13H19N5O2. The second-order valence-electron chi connectivity index (χ2n) is 4.25. The van der Waals surface area contributed by atoms with Crippen molar-refractivity contribution in [3.63, 3.8) is 0 Å². The van der Waals surface area contributed by atoms with Crippen LogP contribution in [0, 0.1) is 0 Å². The van der Waals surface area contributed by atoms with Gasteiger partial charge in [0.25, 0.3) is 0 Å². The lowest BCUT2D eigenvalue weighted by atomic mass is 10.1. The molecule has 0 saturated carbocycles. The number of ether oxygens (including phenoxy) is 2. The molecule has 1 atom stereocenters. The number of nitrogens with zero attached hydrogens (tertiary/aromatic N) is 3. The molecule has 7 nitrogen and oxygen atoms in total. The maximum Gasteiger partial charge on any atom is 0.191 e. The zero-order valence-electron chi connectivity index (χ0n) is 11.9.